The molecule has 1 aromatic rings. The van der Waals surface area contributed by atoms with Gasteiger partial charge in [0.05, 0.1) is 12.7 Å². The lowest BCUT2D eigenvalue weighted by Crippen LogP contribution is -2.50. The van der Waals surface area contributed by atoms with Gasteiger partial charge in [-0.25, -0.2) is 0 Å². The van der Waals surface area contributed by atoms with Crippen LogP contribution in [-0.2, 0) is 11.3 Å². The van der Waals surface area contributed by atoms with Gasteiger partial charge in [-0.1, -0.05) is 39.8 Å². The van der Waals surface area contributed by atoms with Gasteiger partial charge in [0, 0.05) is 46.3 Å². The first-order chi connectivity index (χ1) is 15.0. The summed E-state index contributed by atoms with van der Waals surface area (Å²) in [5.41, 5.74) is 1.19. The van der Waals surface area contributed by atoms with Gasteiger partial charge in [-0.05, 0) is 36.7 Å². The van der Waals surface area contributed by atoms with E-state index < -0.39 is 0 Å². The molecule has 0 spiro atoms. The van der Waals surface area contributed by atoms with Crippen molar-refractivity contribution in [3.63, 3.8) is 0 Å². The van der Waals surface area contributed by atoms with E-state index in [1.807, 2.05) is 12.1 Å². The molecule has 0 radical (unpaired) electrons. The maximum absolute atomic E-state index is 5.92. The molecule has 31 heavy (non-hydrogen) atoms. The van der Waals surface area contributed by atoms with Crippen molar-refractivity contribution < 1.29 is 9.47 Å². The molecule has 7 heteroatoms. The van der Waals surface area contributed by atoms with E-state index in [4.69, 9.17) is 9.47 Å². The van der Waals surface area contributed by atoms with Crippen molar-refractivity contribution >= 4 is 5.96 Å². The lowest BCUT2D eigenvalue weighted by molar-refractivity contribution is -0.0284. The van der Waals surface area contributed by atoms with E-state index in [1.165, 1.54) is 5.56 Å². The summed E-state index contributed by atoms with van der Waals surface area (Å²) >= 11 is 0. The third-order valence-electron chi connectivity index (χ3n) is 5.52. The van der Waals surface area contributed by atoms with Crippen LogP contribution in [0.3, 0.4) is 0 Å². The maximum atomic E-state index is 5.92. The van der Waals surface area contributed by atoms with Crippen molar-refractivity contribution in [3.05, 3.63) is 29.8 Å². The second-order valence-electron chi connectivity index (χ2n) is 8.47. The second-order valence-corrected chi connectivity index (χ2v) is 8.47. The molecule has 2 N–H and O–H groups in total. The number of hydrogen-bond acceptors (Lipinski definition) is 5. The lowest BCUT2D eigenvalue weighted by Gasteiger charge is -2.34. The fraction of sp³-hybridized carbons (Fsp3) is 0.708. The van der Waals surface area contributed by atoms with Crippen LogP contribution in [-0.4, -0.2) is 87.9 Å². The lowest BCUT2D eigenvalue weighted by atomic mass is 10.2. The van der Waals surface area contributed by atoms with E-state index in [0.717, 1.165) is 64.1 Å². The monoisotopic (exact) mass is 433 g/mol. The normalized spacial score (nSPS) is 17.9. The Labute approximate surface area is 189 Å². The molecule has 0 bridgehead atoms. The van der Waals surface area contributed by atoms with Crippen LogP contribution in [0.15, 0.2) is 29.3 Å². The predicted molar refractivity (Wildman–Crippen MR) is 129 cm³/mol. The molecule has 2 rings (SSSR count). The number of ether oxygens (including phenoxy) is 2. The average molecular weight is 434 g/mol. The van der Waals surface area contributed by atoms with Crippen molar-refractivity contribution in [1.82, 2.24) is 20.4 Å². The first-order valence-electron chi connectivity index (χ1n) is 11.8. The molecule has 1 unspecified atom stereocenters. The van der Waals surface area contributed by atoms with Crippen LogP contribution in [0.25, 0.3) is 0 Å². The molecular formula is C24H43N5O2. The van der Waals surface area contributed by atoms with Crippen LogP contribution in [0.4, 0.5) is 0 Å². The van der Waals surface area contributed by atoms with Crippen molar-refractivity contribution in [2.75, 3.05) is 66.1 Å². The van der Waals surface area contributed by atoms with E-state index in [1.54, 1.807) is 7.05 Å². The summed E-state index contributed by atoms with van der Waals surface area (Å²) in [6.07, 6.45) is 0.193. The van der Waals surface area contributed by atoms with Gasteiger partial charge in [-0.2, -0.15) is 0 Å². The van der Waals surface area contributed by atoms with Gasteiger partial charge in [-0.3, -0.25) is 9.89 Å². The topological polar surface area (TPSA) is 61.4 Å². The molecule has 1 saturated heterocycles. The Morgan fingerprint density at radius 3 is 2.61 bits per heavy atom. The molecule has 0 aliphatic carbocycles. The highest BCUT2D eigenvalue weighted by atomic mass is 16.5. The highest BCUT2D eigenvalue weighted by Crippen LogP contribution is 2.12. The van der Waals surface area contributed by atoms with Gasteiger partial charge in [0.25, 0.3) is 0 Å². The van der Waals surface area contributed by atoms with Gasteiger partial charge in [0.2, 0.25) is 0 Å². The summed E-state index contributed by atoms with van der Waals surface area (Å²) in [5.74, 6) is 2.39. The molecule has 1 aliphatic rings. The third kappa shape index (κ3) is 9.89. The largest absolute Gasteiger partial charge is 0.492 e. The summed E-state index contributed by atoms with van der Waals surface area (Å²) < 4.78 is 11.8. The third-order valence-corrected chi connectivity index (χ3v) is 5.52. The first kappa shape index (κ1) is 25.4. The van der Waals surface area contributed by atoms with Gasteiger partial charge >= 0.3 is 0 Å². The Hall–Kier alpha value is -1.83. The number of benzene rings is 1. The Kier molecular flexibility index (Phi) is 11.7. The molecule has 0 amide bonds. The van der Waals surface area contributed by atoms with Gasteiger partial charge < -0.3 is 25.0 Å². The number of nitrogens with one attached hydrogen (secondary N) is 2. The van der Waals surface area contributed by atoms with Crippen LogP contribution in [0.2, 0.25) is 0 Å². The highest BCUT2D eigenvalue weighted by molar-refractivity contribution is 5.79. The van der Waals surface area contributed by atoms with Crippen molar-refractivity contribution in [2.45, 2.75) is 40.3 Å². The summed E-state index contributed by atoms with van der Waals surface area (Å²) in [4.78, 5) is 9.19. The quantitative estimate of drug-likeness (QED) is 0.390. The number of nitrogens with zero attached hydrogens (tertiary/aromatic N) is 3. The molecule has 1 aliphatic heterocycles. The molecule has 176 valence electrons. The smallest absolute Gasteiger partial charge is 0.191 e. The molecule has 0 aromatic heterocycles. The Morgan fingerprint density at radius 2 is 1.97 bits per heavy atom. The van der Waals surface area contributed by atoms with Crippen LogP contribution in [0.5, 0.6) is 5.75 Å². The average Bonchev–Trinajstić information content (AvgIpc) is 2.77. The van der Waals surface area contributed by atoms with Crippen LogP contribution < -0.4 is 15.4 Å². The number of morpholine rings is 1. The minimum Gasteiger partial charge on any atom is -0.492 e. The summed E-state index contributed by atoms with van der Waals surface area (Å²) in [6, 6.07) is 8.27. The zero-order valence-corrected chi connectivity index (χ0v) is 20.2. The van der Waals surface area contributed by atoms with E-state index in [0.29, 0.717) is 19.1 Å². The molecule has 1 atom stereocenters. The van der Waals surface area contributed by atoms with Crippen LogP contribution in [0.1, 0.15) is 33.3 Å². The Bertz CT molecular complexity index is 631. The minimum atomic E-state index is 0.193. The summed E-state index contributed by atoms with van der Waals surface area (Å²) in [7, 11) is 1.80. The zero-order chi connectivity index (χ0) is 22.5. The molecular weight excluding hydrogens is 390 g/mol. The van der Waals surface area contributed by atoms with Crippen molar-refractivity contribution in [3.8, 4) is 5.75 Å². The molecule has 0 saturated carbocycles. The van der Waals surface area contributed by atoms with Gasteiger partial charge in [-0.15, -0.1) is 0 Å². The number of rotatable bonds is 12. The van der Waals surface area contributed by atoms with Crippen LogP contribution >= 0.6 is 0 Å². The molecule has 7 nitrogen and oxygen atoms in total. The van der Waals surface area contributed by atoms with E-state index in [9.17, 15) is 0 Å². The standard InChI is InChI=1S/C24H43N5O2/c1-6-28(7-2)12-14-30-22-10-8-21(9-11-22)16-26-24(25-5)27-17-23-19-29(13-15-31-23)18-20(3)4/h8-11,20,23H,6-7,12-19H2,1-5H3,(H2,25,26,27). The molecule has 1 aromatic carbocycles. The summed E-state index contributed by atoms with van der Waals surface area (Å²) in [5, 5.41) is 6.79. The number of aliphatic imine (C=N–C) groups is 1. The van der Waals surface area contributed by atoms with Crippen molar-refractivity contribution in [1.29, 1.82) is 0 Å². The minimum absolute atomic E-state index is 0.193. The zero-order valence-electron chi connectivity index (χ0n) is 20.2. The SMILES string of the molecule is CCN(CC)CCOc1ccc(CNC(=NC)NCC2CN(CC(C)C)CCO2)cc1. The Balaban J connectivity index is 1.69. The van der Waals surface area contributed by atoms with Crippen molar-refractivity contribution in [2.24, 2.45) is 10.9 Å². The molecule has 1 heterocycles. The number of likely N-dealkylation sites (N-methyl/N-ethyl adjacent to an activating group) is 1. The number of guanidine groups is 1. The maximum Gasteiger partial charge on any atom is 0.191 e. The highest BCUT2D eigenvalue weighted by Gasteiger charge is 2.21. The van der Waals surface area contributed by atoms with Gasteiger partial charge in [0.1, 0.15) is 12.4 Å². The fourth-order valence-corrected chi connectivity index (χ4v) is 3.74. The van der Waals surface area contributed by atoms with Gasteiger partial charge in [0.15, 0.2) is 5.96 Å². The molecule has 1 fully saturated rings. The van der Waals surface area contributed by atoms with E-state index in [2.05, 4.69) is 65.3 Å². The summed E-state index contributed by atoms with van der Waals surface area (Å²) in [6.45, 7) is 18.1. The second kappa shape index (κ2) is 14.3. The van der Waals surface area contributed by atoms with E-state index >= 15 is 0 Å². The first-order valence-corrected chi connectivity index (χ1v) is 11.8. The van der Waals surface area contributed by atoms with Crippen LogP contribution in [0, 0.1) is 5.92 Å². The van der Waals surface area contributed by atoms with E-state index in [-0.39, 0.29) is 6.10 Å². The fourth-order valence-electron chi connectivity index (χ4n) is 3.74. The number of hydrogen-bond donors (Lipinski definition) is 2. The predicted octanol–water partition coefficient (Wildman–Crippen LogP) is 2.43. The Morgan fingerprint density at radius 1 is 1.23 bits per heavy atom.